The number of piperazine rings is 1. The Morgan fingerprint density at radius 3 is 2.95 bits per heavy atom. The third kappa shape index (κ3) is 2.62. The number of fused-ring (bicyclic) bond motifs is 1. The first-order valence-electron chi connectivity index (χ1n) is 7.24. The van der Waals surface area contributed by atoms with E-state index >= 15 is 0 Å². The molecule has 1 aliphatic rings. The minimum Gasteiger partial charge on any atom is -0.330 e. The second-order valence-electron chi connectivity index (χ2n) is 5.53. The summed E-state index contributed by atoms with van der Waals surface area (Å²) in [4.78, 5) is 21.3. The largest absolute Gasteiger partial charge is 0.330 e. The summed E-state index contributed by atoms with van der Waals surface area (Å²) < 4.78 is 0. The predicted molar refractivity (Wildman–Crippen MR) is 83.1 cm³/mol. The summed E-state index contributed by atoms with van der Waals surface area (Å²) in [5, 5.41) is 1.94. The molecule has 1 aliphatic heterocycles. The lowest BCUT2D eigenvalue weighted by molar-refractivity contribution is 0.0512. The molecule has 110 valence electrons. The number of aromatic nitrogens is 1. The van der Waals surface area contributed by atoms with Gasteiger partial charge in [-0.05, 0) is 18.5 Å². The van der Waals surface area contributed by atoms with Crippen molar-refractivity contribution < 1.29 is 4.79 Å². The van der Waals surface area contributed by atoms with Crippen LogP contribution in [0.25, 0.3) is 10.8 Å². The molecule has 0 spiro atoms. The number of hydrogen-bond acceptors (Lipinski definition) is 4. The number of hydrogen-bond donors (Lipinski definition) is 1. The van der Waals surface area contributed by atoms with Gasteiger partial charge in [0, 0.05) is 37.8 Å². The van der Waals surface area contributed by atoms with Crippen LogP contribution in [0.4, 0.5) is 0 Å². The Bertz CT molecular complexity index is 652. The zero-order valence-electron chi connectivity index (χ0n) is 12.2. The van der Waals surface area contributed by atoms with Gasteiger partial charge in [0.05, 0.1) is 6.04 Å². The molecule has 2 aromatic rings. The van der Waals surface area contributed by atoms with Crippen molar-refractivity contribution in [2.24, 2.45) is 5.73 Å². The maximum Gasteiger partial charge on any atom is 0.273 e. The Labute approximate surface area is 124 Å². The fourth-order valence-corrected chi connectivity index (χ4v) is 2.91. The predicted octanol–water partition coefficient (Wildman–Crippen LogP) is 0.950. The standard InChI is InChI=1S/C16H20N4O/c1-19-8-9-20(13(10-17)11-19)16(21)15-14-5-3-2-4-12(14)6-7-18-15/h2-7,13H,8-11,17H2,1H3. The molecular formula is C16H20N4O. The van der Waals surface area contributed by atoms with Crippen molar-refractivity contribution in [3.63, 3.8) is 0 Å². The minimum atomic E-state index is -0.0182. The van der Waals surface area contributed by atoms with Crippen LogP contribution in [0.2, 0.25) is 0 Å². The maximum absolute atomic E-state index is 12.9. The van der Waals surface area contributed by atoms with Gasteiger partial charge in [-0.15, -0.1) is 0 Å². The number of pyridine rings is 1. The topological polar surface area (TPSA) is 62.5 Å². The van der Waals surface area contributed by atoms with Gasteiger partial charge in [0.2, 0.25) is 0 Å². The minimum absolute atomic E-state index is 0.0182. The SMILES string of the molecule is CN1CCN(C(=O)c2nccc3ccccc23)C(CN)C1. The molecule has 1 aromatic heterocycles. The smallest absolute Gasteiger partial charge is 0.273 e. The highest BCUT2D eigenvalue weighted by molar-refractivity contribution is 6.05. The molecule has 2 N–H and O–H groups in total. The van der Waals surface area contributed by atoms with Gasteiger partial charge in [-0.3, -0.25) is 9.78 Å². The summed E-state index contributed by atoms with van der Waals surface area (Å²) in [7, 11) is 2.06. The Balaban J connectivity index is 1.96. The Hall–Kier alpha value is -1.98. The third-order valence-electron chi connectivity index (χ3n) is 4.09. The quantitative estimate of drug-likeness (QED) is 0.892. The lowest BCUT2D eigenvalue weighted by Gasteiger charge is -2.39. The molecule has 1 unspecified atom stereocenters. The average molecular weight is 284 g/mol. The van der Waals surface area contributed by atoms with Crippen molar-refractivity contribution in [2.45, 2.75) is 6.04 Å². The first-order chi connectivity index (χ1) is 10.2. The van der Waals surface area contributed by atoms with E-state index < -0.39 is 0 Å². The third-order valence-corrected chi connectivity index (χ3v) is 4.09. The second kappa shape index (κ2) is 5.79. The molecule has 1 aromatic carbocycles. The van der Waals surface area contributed by atoms with Crippen molar-refractivity contribution in [3.8, 4) is 0 Å². The van der Waals surface area contributed by atoms with Crippen LogP contribution in [0.3, 0.4) is 0 Å². The molecule has 0 saturated carbocycles. The first-order valence-corrected chi connectivity index (χ1v) is 7.24. The van der Waals surface area contributed by atoms with Gasteiger partial charge in [0.1, 0.15) is 5.69 Å². The van der Waals surface area contributed by atoms with E-state index in [0.717, 1.165) is 23.9 Å². The molecule has 2 heterocycles. The molecule has 1 atom stereocenters. The molecule has 1 fully saturated rings. The van der Waals surface area contributed by atoms with Gasteiger partial charge in [0.15, 0.2) is 0 Å². The zero-order chi connectivity index (χ0) is 14.8. The van der Waals surface area contributed by atoms with Crippen molar-refractivity contribution in [2.75, 3.05) is 33.2 Å². The molecule has 5 heteroatoms. The van der Waals surface area contributed by atoms with Gasteiger partial charge >= 0.3 is 0 Å². The van der Waals surface area contributed by atoms with Crippen molar-refractivity contribution in [1.82, 2.24) is 14.8 Å². The fraction of sp³-hybridized carbons (Fsp3) is 0.375. The number of rotatable bonds is 2. The number of amides is 1. The number of nitrogens with two attached hydrogens (primary N) is 1. The molecule has 1 amide bonds. The van der Waals surface area contributed by atoms with Crippen LogP contribution in [-0.2, 0) is 0 Å². The maximum atomic E-state index is 12.9. The first kappa shape index (κ1) is 14.0. The summed E-state index contributed by atoms with van der Waals surface area (Å²) in [5.74, 6) is -0.0182. The molecule has 0 radical (unpaired) electrons. The summed E-state index contributed by atoms with van der Waals surface area (Å²) in [6, 6.07) is 9.83. The highest BCUT2D eigenvalue weighted by atomic mass is 16.2. The summed E-state index contributed by atoms with van der Waals surface area (Å²) in [6.07, 6.45) is 1.70. The van der Waals surface area contributed by atoms with E-state index in [4.69, 9.17) is 5.73 Å². The van der Waals surface area contributed by atoms with E-state index in [-0.39, 0.29) is 11.9 Å². The molecule has 1 saturated heterocycles. The van der Waals surface area contributed by atoms with E-state index in [9.17, 15) is 4.79 Å². The number of carbonyl (C=O) groups is 1. The second-order valence-corrected chi connectivity index (χ2v) is 5.53. The lowest BCUT2D eigenvalue weighted by Crippen LogP contribution is -2.56. The van der Waals surface area contributed by atoms with Crippen molar-refractivity contribution in [1.29, 1.82) is 0 Å². The Morgan fingerprint density at radius 2 is 2.14 bits per heavy atom. The van der Waals surface area contributed by atoms with Crippen molar-refractivity contribution in [3.05, 3.63) is 42.2 Å². The van der Waals surface area contributed by atoms with Gasteiger partial charge < -0.3 is 15.5 Å². The molecule has 5 nitrogen and oxygen atoms in total. The molecule has 21 heavy (non-hydrogen) atoms. The summed E-state index contributed by atoms with van der Waals surface area (Å²) in [6.45, 7) is 2.85. The molecular weight excluding hydrogens is 264 g/mol. The Kier molecular flexibility index (Phi) is 3.86. The monoisotopic (exact) mass is 284 g/mol. The fourth-order valence-electron chi connectivity index (χ4n) is 2.91. The number of nitrogens with zero attached hydrogens (tertiary/aromatic N) is 3. The lowest BCUT2D eigenvalue weighted by atomic mass is 10.1. The number of benzene rings is 1. The van der Waals surface area contributed by atoms with Gasteiger partial charge in [-0.2, -0.15) is 0 Å². The van der Waals surface area contributed by atoms with Crippen molar-refractivity contribution >= 4 is 16.7 Å². The summed E-state index contributed by atoms with van der Waals surface area (Å²) in [5.41, 5.74) is 6.37. The van der Waals surface area contributed by atoms with Crippen LogP contribution in [0, 0.1) is 0 Å². The van der Waals surface area contributed by atoms with Crippen LogP contribution in [0.5, 0.6) is 0 Å². The molecule has 3 rings (SSSR count). The van der Waals surface area contributed by atoms with Gasteiger partial charge in [-0.1, -0.05) is 24.3 Å². The van der Waals surface area contributed by atoms with E-state index in [1.165, 1.54) is 0 Å². The normalized spacial score (nSPS) is 19.9. The van der Waals surface area contributed by atoms with Gasteiger partial charge in [-0.25, -0.2) is 0 Å². The number of carbonyl (C=O) groups excluding carboxylic acids is 1. The van der Waals surface area contributed by atoms with Crippen LogP contribution in [0.15, 0.2) is 36.5 Å². The van der Waals surface area contributed by atoms with Crippen LogP contribution in [-0.4, -0.2) is 60.0 Å². The van der Waals surface area contributed by atoms with E-state index in [1.807, 2.05) is 35.2 Å². The van der Waals surface area contributed by atoms with Crippen LogP contribution >= 0.6 is 0 Å². The van der Waals surface area contributed by atoms with E-state index in [2.05, 4.69) is 16.9 Å². The highest BCUT2D eigenvalue weighted by Gasteiger charge is 2.30. The van der Waals surface area contributed by atoms with E-state index in [0.29, 0.717) is 18.8 Å². The number of likely N-dealkylation sites (N-methyl/N-ethyl adjacent to an activating group) is 1. The molecule has 0 aliphatic carbocycles. The molecule has 0 bridgehead atoms. The average Bonchev–Trinajstić information content (AvgIpc) is 2.53. The zero-order valence-corrected chi connectivity index (χ0v) is 12.2. The van der Waals surface area contributed by atoms with E-state index in [1.54, 1.807) is 6.20 Å². The Morgan fingerprint density at radius 1 is 1.33 bits per heavy atom. The highest BCUT2D eigenvalue weighted by Crippen LogP contribution is 2.19. The van der Waals surface area contributed by atoms with Gasteiger partial charge in [0.25, 0.3) is 5.91 Å². The van der Waals surface area contributed by atoms with Crippen LogP contribution < -0.4 is 5.73 Å². The van der Waals surface area contributed by atoms with Crippen LogP contribution in [0.1, 0.15) is 10.5 Å². The summed E-state index contributed by atoms with van der Waals surface area (Å²) >= 11 is 0.